The maximum atomic E-state index is 9.27. The fraction of sp³-hybridized carbons (Fsp3) is 0.542. The zero-order valence-corrected chi connectivity index (χ0v) is 20.6. The average molecular weight is 489 g/mol. The molecule has 1 unspecified atom stereocenters. The smallest absolute Gasteiger partial charge is 0.179 e. The lowest BCUT2D eigenvalue weighted by molar-refractivity contribution is 0.101. The number of nitrogens with zero attached hydrogens (tertiary/aromatic N) is 6. The number of rotatable bonds is 6. The van der Waals surface area contributed by atoms with Gasteiger partial charge in [0.25, 0.3) is 0 Å². The predicted octanol–water partition coefficient (Wildman–Crippen LogP) is 4.19. The number of anilines is 1. The largest absolute Gasteiger partial charge is 0.395 e. The summed E-state index contributed by atoms with van der Waals surface area (Å²) in [5, 5.41) is 15.2. The van der Waals surface area contributed by atoms with Gasteiger partial charge in [-0.1, -0.05) is 29.3 Å². The third kappa shape index (κ3) is 4.44. The molecule has 1 N–H and O–H groups in total. The van der Waals surface area contributed by atoms with E-state index in [1.807, 2.05) is 29.9 Å². The van der Waals surface area contributed by atoms with Crippen molar-refractivity contribution < 1.29 is 5.11 Å². The molecule has 3 aromatic rings. The standard InChI is InChI=1S/C24H30Cl2N6O/c1-15-23-24(32(29-15)16(2)20-6-5-19(25)10-21(20)26)28-22(11-27-23)31-13-18(14-31)17-4-3-7-30(12-17)8-9-33/h5-6,10-11,16-18,33H,3-4,7-9,12-14H2,1-2H3/t16-,17?/m1/s1. The van der Waals surface area contributed by atoms with Crippen LogP contribution in [0.25, 0.3) is 11.2 Å². The first-order valence-electron chi connectivity index (χ1n) is 11.7. The fourth-order valence-electron chi connectivity index (χ4n) is 5.25. The maximum absolute atomic E-state index is 9.27. The number of hydrogen-bond acceptors (Lipinski definition) is 6. The van der Waals surface area contributed by atoms with Gasteiger partial charge in [-0.15, -0.1) is 0 Å². The van der Waals surface area contributed by atoms with E-state index in [2.05, 4.69) is 16.7 Å². The second-order valence-corrected chi connectivity index (χ2v) is 10.2. The quantitative estimate of drug-likeness (QED) is 0.560. The van der Waals surface area contributed by atoms with Gasteiger partial charge in [0.1, 0.15) is 11.3 Å². The van der Waals surface area contributed by atoms with Crippen molar-refractivity contribution >= 4 is 40.2 Å². The number of likely N-dealkylation sites (tertiary alicyclic amines) is 1. The van der Waals surface area contributed by atoms with Gasteiger partial charge in [0.05, 0.1) is 24.5 Å². The van der Waals surface area contributed by atoms with Crippen molar-refractivity contribution in [2.75, 3.05) is 44.2 Å². The molecule has 2 aromatic heterocycles. The van der Waals surface area contributed by atoms with Crippen LogP contribution in [-0.4, -0.2) is 69.1 Å². The van der Waals surface area contributed by atoms with Gasteiger partial charge < -0.3 is 14.9 Å². The Morgan fingerprint density at radius 3 is 2.76 bits per heavy atom. The Morgan fingerprint density at radius 2 is 2.00 bits per heavy atom. The Balaban J connectivity index is 1.35. The minimum absolute atomic E-state index is 0.0978. The Hall–Kier alpha value is -1.93. The number of aryl methyl sites for hydroxylation is 1. The molecule has 0 bridgehead atoms. The highest BCUT2D eigenvalue weighted by molar-refractivity contribution is 6.35. The molecule has 5 rings (SSSR count). The molecule has 2 aliphatic heterocycles. The maximum Gasteiger partial charge on any atom is 0.179 e. The van der Waals surface area contributed by atoms with E-state index in [9.17, 15) is 5.11 Å². The Kier molecular flexibility index (Phi) is 6.49. The molecule has 33 heavy (non-hydrogen) atoms. The number of benzene rings is 1. The average Bonchev–Trinajstić information content (AvgIpc) is 3.09. The molecule has 9 heteroatoms. The lowest BCUT2D eigenvalue weighted by Gasteiger charge is -2.47. The molecule has 0 radical (unpaired) electrons. The molecule has 0 aliphatic carbocycles. The van der Waals surface area contributed by atoms with Gasteiger partial charge in [-0.2, -0.15) is 5.10 Å². The number of β-amino-alcohol motifs (C(OH)–C–C–N with tert-alkyl or cyclic N) is 1. The van der Waals surface area contributed by atoms with Crippen molar-refractivity contribution in [1.82, 2.24) is 24.6 Å². The number of aliphatic hydroxyl groups is 1. The minimum Gasteiger partial charge on any atom is -0.395 e. The van der Waals surface area contributed by atoms with Crippen molar-refractivity contribution in [1.29, 1.82) is 0 Å². The summed E-state index contributed by atoms with van der Waals surface area (Å²) >= 11 is 12.6. The van der Waals surface area contributed by atoms with E-state index in [4.69, 9.17) is 38.3 Å². The molecule has 2 aliphatic rings. The number of aromatic nitrogens is 4. The monoisotopic (exact) mass is 488 g/mol. The summed E-state index contributed by atoms with van der Waals surface area (Å²) in [4.78, 5) is 14.4. The zero-order chi connectivity index (χ0) is 23.1. The topological polar surface area (TPSA) is 70.3 Å². The summed E-state index contributed by atoms with van der Waals surface area (Å²) in [5.74, 6) is 2.26. The number of piperidine rings is 1. The van der Waals surface area contributed by atoms with Crippen LogP contribution in [0.1, 0.15) is 37.1 Å². The van der Waals surface area contributed by atoms with Crippen molar-refractivity contribution in [3.8, 4) is 0 Å². The Morgan fingerprint density at radius 1 is 1.18 bits per heavy atom. The highest BCUT2D eigenvalue weighted by Gasteiger charge is 2.36. The number of hydrogen-bond donors (Lipinski definition) is 1. The van der Waals surface area contributed by atoms with E-state index < -0.39 is 0 Å². The summed E-state index contributed by atoms with van der Waals surface area (Å²) in [5.41, 5.74) is 3.40. The van der Waals surface area contributed by atoms with E-state index in [1.165, 1.54) is 12.8 Å². The molecule has 0 amide bonds. The van der Waals surface area contributed by atoms with Crippen LogP contribution in [0.15, 0.2) is 24.4 Å². The third-order valence-corrected chi connectivity index (χ3v) is 7.76. The van der Waals surface area contributed by atoms with Crippen molar-refractivity contribution in [2.45, 2.75) is 32.7 Å². The van der Waals surface area contributed by atoms with E-state index in [1.54, 1.807) is 6.07 Å². The summed E-state index contributed by atoms with van der Waals surface area (Å²) in [6.07, 6.45) is 4.36. The van der Waals surface area contributed by atoms with Crippen LogP contribution >= 0.6 is 23.2 Å². The van der Waals surface area contributed by atoms with Crippen LogP contribution < -0.4 is 4.90 Å². The summed E-state index contributed by atoms with van der Waals surface area (Å²) in [7, 11) is 0. The van der Waals surface area contributed by atoms with Gasteiger partial charge in [-0.3, -0.25) is 0 Å². The third-order valence-electron chi connectivity index (χ3n) is 7.20. The van der Waals surface area contributed by atoms with Crippen molar-refractivity contribution in [3.05, 3.63) is 45.7 Å². The summed E-state index contributed by atoms with van der Waals surface area (Å²) in [6.45, 7) is 9.26. The van der Waals surface area contributed by atoms with Crippen molar-refractivity contribution in [2.24, 2.45) is 11.8 Å². The normalized spacial score (nSPS) is 20.9. The van der Waals surface area contributed by atoms with Gasteiger partial charge in [0.15, 0.2) is 5.65 Å². The SMILES string of the molecule is Cc1nn([C@H](C)c2ccc(Cl)cc2Cl)c2nc(N3CC(C4CCCN(CCO)C4)C3)cnc12. The van der Waals surface area contributed by atoms with E-state index in [-0.39, 0.29) is 12.6 Å². The summed E-state index contributed by atoms with van der Waals surface area (Å²) < 4.78 is 1.92. The predicted molar refractivity (Wildman–Crippen MR) is 132 cm³/mol. The first-order valence-corrected chi connectivity index (χ1v) is 12.4. The van der Waals surface area contributed by atoms with E-state index in [0.717, 1.165) is 61.0 Å². The number of aliphatic hydroxyl groups excluding tert-OH is 1. The van der Waals surface area contributed by atoms with Gasteiger partial charge in [0, 0.05) is 36.2 Å². The van der Waals surface area contributed by atoms with Gasteiger partial charge in [-0.05, 0) is 62.8 Å². The van der Waals surface area contributed by atoms with Gasteiger partial charge in [-0.25, -0.2) is 14.6 Å². The van der Waals surface area contributed by atoms with Crippen LogP contribution in [-0.2, 0) is 0 Å². The van der Waals surface area contributed by atoms with Gasteiger partial charge in [0.2, 0.25) is 0 Å². The number of halogens is 2. The minimum atomic E-state index is -0.0978. The molecule has 176 valence electrons. The van der Waals surface area contributed by atoms with Crippen molar-refractivity contribution in [3.63, 3.8) is 0 Å². The first-order chi connectivity index (χ1) is 15.9. The van der Waals surface area contributed by atoms with Crippen LogP contribution in [0, 0.1) is 18.8 Å². The van der Waals surface area contributed by atoms with Crippen LogP contribution in [0.4, 0.5) is 5.82 Å². The molecular formula is C24H30Cl2N6O. The highest BCUT2D eigenvalue weighted by atomic mass is 35.5. The second kappa shape index (κ2) is 9.37. The molecule has 2 saturated heterocycles. The molecule has 2 atom stereocenters. The fourth-order valence-corrected chi connectivity index (χ4v) is 5.82. The molecule has 0 spiro atoms. The van der Waals surface area contributed by atoms with Crippen LogP contribution in [0.3, 0.4) is 0 Å². The first kappa shape index (κ1) is 22.8. The number of fused-ring (bicyclic) bond motifs is 1. The van der Waals surface area contributed by atoms with Crippen LogP contribution in [0.2, 0.25) is 10.0 Å². The van der Waals surface area contributed by atoms with Crippen LogP contribution in [0.5, 0.6) is 0 Å². The molecule has 0 saturated carbocycles. The molecule has 7 nitrogen and oxygen atoms in total. The molecular weight excluding hydrogens is 459 g/mol. The summed E-state index contributed by atoms with van der Waals surface area (Å²) in [6, 6.07) is 5.46. The van der Waals surface area contributed by atoms with E-state index in [0.29, 0.717) is 21.9 Å². The highest BCUT2D eigenvalue weighted by Crippen LogP contribution is 2.35. The van der Waals surface area contributed by atoms with E-state index >= 15 is 0 Å². The lowest BCUT2D eigenvalue weighted by atomic mass is 9.80. The molecule has 4 heterocycles. The Labute approximate surface area is 204 Å². The zero-order valence-electron chi connectivity index (χ0n) is 19.1. The molecule has 2 fully saturated rings. The molecule has 1 aromatic carbocycles. The lowest BCUT2D eigenvalue weighted by Crippen LogP contribution is -2.54. The van der Waals surface area contributed by atoms with Gasteiger partial charge >= 0.3 is 0 Å². The second-order valence-electron chi connectivity index (χ2n) is 9.36. The Bertz CT molecular complexity index is 1140.